The summed E-state index contributed by atoms with van der Waals surface area (Å²) in [4.78, 5) is 35.7. The van der Waals surface area contributed by atoms with Gasteiger partial charge in [-0.2, -0.15) is 13.2 Å². The second-order valence-electron chi connectivity index (χ2n) is 6.08. The molecule has 1 aliphatic rings. The molecule has 2 atom stereocenters. The largest absolute Gasteiger partial charge is 0.471 e. The van der Waals surface area contributed by atoms with Gasteiger partial charge in [0.2, 0.25) is 0 Å². The van der Waals surface area contributed by atoms with Crippen molar-refractivity contribution in [3.8, 4) is 0 Å². The zero-order valence-electron chi connectivity index (χ0n) is 13.2. The Hall–Kier alpha value is -2.00. The number of methoxy groups -OCH3 is 1. The van der Waals surface area contributed by atoms with Crippen LogP contribution >= 0.6 is 0 Å². The minimum atomic E-state index is -5.04. The number of carbonyl (C=O) groups excluding carboxylic acids is 3. The van der Waals surface area contributed by atoms with E-state index >= 15 is 0 Å². The van der Waals surface area contributed by atoms with Crippen LogP contribution in [0.1, 0.15) is 27.2 Å². The van der Waals surface area contributed by atoms with Gasteiger partial charge in [0.05, 0.1) is 7.11 Å². The molecule has 23 heavy (non-hydrogen) atoms. The monoisotopic (exact) mass is 340 g/mol. The SMILES string of the molecule is COC(=O)C1CC(NC(=O)C(F)(F)F)CN1C(=O)OC(C)(C)C. The van der Waals surface area contributed by atoms with E-state index in [1.165, 1.54) is 0 Å². The van der Waals surface area contributed by atoms with E-state index in [-0.39, 0.29) is 13.0 Å². The van der Waals surface area contributed by atoms with Gasteiger partial charge in [0.15, 0.2) is 0 Å². The van der Waals surface area contributed by atoms with Gasteiger partial charge >= 0.3 is 24.1 Å². The first-order valence-corrected chi connectivity index (χ1v) is 6.80. The highest BCUT2D eigenvalue weighted by atomic mass is 19.4. The van der Waals surface area contributed by atoms with Gasteiger partial charge in [-0.25, -0.2) is 9.59 Å². The lowest BCUT2D eigenvalue weighted by atomic mass is 10.1. The highest BCUT2D eigenvalue weighted by Gasteiger charge is 2.46. The van der Waals surface area contributed by atoms with Crippen molar-refractivity contribution < 1.29 is 37.0 Å². The second-order valence-corrected chi connectivity index (χ2v) is 6.08. The summed E-state index contributed by atoms with van der Waals surface area (Å²) in [7, 11) is 1.09. The number of amides is 2. The lowest BCUT2D eigenvalue weighted by molar-refractivity contribution is -0.174. The maximum atomic E-state index is 12.3. The third-order valence-electron chi connectivity index (χ3n) is 3.00. The molecule has 0 aromatic carbocycles. The number of alkyl halides is 3. The third kappa shape index (κ3) is 5.29. The summed E-state index contributed by atoms with van der Waals surface area (Å²) in [6, 6.07) is -2.14. The number of hydrogen-bond acceptors (Lipinski definition) is 5. The molecule has 132 valence electrons. The molecule has 0 aromatic heterocycles. The van der Waals surface area contributed by atoms with Crippen molar-refractivity contribution in [1.82, 2.24) is 10.2 Å². The van der Waals surface area contributed by atoms with Gasteiger partial charge in [0.1, 0.15) is 11.6 Å². The van der Waals surface area contributed by atoms with Crippen LogP contribution in [0.3, 0.4) is 0 Å². The zero-order chi connectivity index (χ0) is 18.0. The molecule has 1 aliphatic heterocycles. The van der Waals surface area contributed by atoms with Gasteiger partial charge in [-0.1, -0.05) is 0 Å². The Balaban J connectivity index is 2.85. The molecule has 0 aliphatic carbocycles. The van der Waals surface area contributed by atoms with Crippen molar-refractivity contribution in [2.24, 2.45) is 0 Å². The van der Waals surface area contributed by atoms with Crippen molar-refractivity contribution in [3.05, 3.63) is 0 Å². The van der Waals surface area contributed by atoms with Crippen LogP contribution in [-0.2, 0) is 19.1 Å². The molecule has 1 saturated heterocycles. The Morgan fingerprint density at radius 2 is 1.74 bits per heavy atom. The summed E-state index contributed by atoms with van der Waals surface area (Å²) in [5, 5.41) is 1.75. The van der Waals surface area contributed by atoms with E-state index < -0.39 is 41.8 Å². The average Bonchev–Trinajstić information content (AvgIpc) is 2.78. The van der Waals surface area contributed by atoms with E-state index in [9.17, 15) is 27.6 Å². The lowest BCUT2D eigenvalue weighted by Gasteiger charge is -2.27. The first-order chi connectivity index (χ1) is 10.3. The van der Waals surface area contributed by atoms with Crippen molar-refractivity contribution >= 4 is 18.0 Å². The number of likely N-dealkylation sites (tertiary alicyclic amines) is 1. The number of esters is 1. The van der Waals surface area contributed by atoms with Gasteiger partial charge in [0, 0.05) is 19.0 Å². The first kappa shape index (κ1) is 19.0. The predicted octanol–water partition coefficient (Wildman–Crippen LogP) is 1.22. The van der Waals surface area contributed by atoms with Gasteiger partial charge in [0.25, 0.3) is 0 Å². The van der Waals surface area contributed by atoms with E-state index in [1.54, 1.807) is 26.1 Å². The number of nitrogens with zero attached hydrogens (tertiary/aromatic N) is 1. The van der Waals surface area contributed by atoms with Crippen LogP contribution in [0.4, 0.5) is 18.0 Å². The minimum Gasteiger partial charge on any atom is -0.467 e. The standard InChI is InChI=1S/C13H19F3N2O5/c1-12(2,3)23-11(21)18-6-7(5-8(18)9(19)22-4)17-10(20)13(14,15)16/h7-8H,5-6H2,1-4H3,(H,17,20). The molecule has 0 saturated carbocycles. The van der Waals surface area contributed by atoms with Crippen LogP contribution in [-0.4, -0.2) is 60.4 Å². The summed E-state index contributed by atoms with van der Waals surface area (Å²) in [6.07, 6.45) is -6.09. The highest BCUT2D eigenvalue weighted by molar-refractivity contribution is 5.84. The van der Waals surface area contributed by atoms with E-state index in [0.717, 1.165) is 12.0 Å². The number of carbonyl (C=O) groups is 3. The second kappa shape index (κ2) is 6.63. The molecule has 0 spiro atoms. The molecule has 0 aromatic rings. The van der Waals surface area contributed by atoms with Gasteiger partial charge in [-0.15, -0.1) is 0 Å². The Morgan fingerprint density at radius 3 is 2.17 bits per heavy atom. The minimum absolute atomic E-state index is 0.187. The Labute approximate surface area is 131 Å². The summed E-state index contributed by atoms with van der Waals surface area (Å²) in [6.45, 7) is 4.54. The van der Waals surface area contributed by atoms with Crippen molar-refractivity contribution in [3.63, 3.8) is 0 Å². The topological polar surface area (TPSA) is 84.9 Å². The molecule has 7 nitrogen and oxygen atoms in total. The van der Waals surface area contributed by atoms with Crippen LogP contribution in [0.5, 0.6) is 0 Å². The van der Waals surface area contributed by atoms with E-state index in [1.807, 2.05) is 0 Å². The average molecular weight is 340 g/mol. The molecule has 2 amide bonds. The molecular formula is C13H19F3N2O5. The molecule has 0 bridgehead atoms. The zero-order valence-corrected chi connectivity index (χ0v) is 13.2. The molecule has 10 heteroatoms. The lowest BCUT2D eigenvalue weighted by Crippen LogP contribution is -2.46. The number of ether oxygens (including phenoxy) is 2. The van der Waals surface area contributed by atoms with E-state index in [0.29, 0.717) is 0 Å². The molecule has 1 fully saturated rings. The summed E-state index contributed by atoms with van der Waals surface area (Å²) < 4.78 is 46.5. The third-order valence-corrected chi connectivity index (χ3v) is 3.00. The molecule has 0 radical (unpaired) electrons. The van der Waals surface area contributed by atoms with E-state index in [2.05, 4.69) is 4.74 Å². The molecular weight excluding hydrogens is 321 g/mol. The van der Waals surface area contributed by atoms with Crippen molar-refractivity contribution in [2.45, 2.75) is 51.1 Å². The van der Waals surface area contributed by atoms with Gasteiger partial charge < -0.3 is 14.8 Å². The fourth-order valence-corrected chi connectivity index (χ4v) is 2.09. The fraction of sp³-hybridized carbons (Fsp3) is 0.769. The van der Waals surface area contributed by atoms with E-state index in [4.69, 9.17) is 4.74 Å². The first-order valence-electron chi connectivity index (χ1n) is 6.80. The summed E-state index contributed by atoms with van der Waals surface area (Å²) in [5.74, 6) is -2.92. The molecule has 2 unspecified atom stereocenters. The van der Waals surface area contributed by atoms with Crippen LogP contribution in [0, 0.1) is 0 Å². The Bertz CT molecular complexity index is 487. The van der Waals surface area contributed by atoms with Crippen molar-refractivity contribution in [1.29, 1.82) is 0 Å². The molecule has 1 heterocycles. The van der Waals surface area contributed by atoms with Gasteiger partial charge in [-0.3, -0.25) is 9.69 Å². The Kier molecular flexibility index (Phi) is 5.49. The quantitative estimate of drug-likeness (QED) is 0.764. The van der Waals surface area contributed by atoms with Crippen LogP contribution in [0.25, 0.3) is 0 Å². The molecule has 1 rings (SSSR count). The fourth-order valence-electron chi connectivity index (χ4n) is 2.09. The maximum absolute atomic E-state index is 12.3. The summed E-state index contributed by atoms with van der Waals surface area (Å²) in [5.41, 5.74) is -0.842. The summed E-state index contributed by atoms with van der Waals surface area (Å²) >= 11 is 0. The van der Waals surface area contributed by atoms with Crippen LogP contribution in [0.15, 0.2) is 0 Å². The van der Waals surface area contributed by atoms with Crippen LogP contribution in [0.2, 0.25) is 0 Å². The predicted molar refractivity (Wildman–Crippen MR) is 71.3 cm³/mol. The smallest absolute Gasteiger partial charge is 0.467 e. The Morgan fingerprint density at radius 1 is 1.17 bits per heavy atom. The van der Waals surface area contributed by atoms with Crippen LogP contribution < -0.4 is 5.32 Å². The van der Waals surface area contributed by atoms with Gasteiger partial charge in [-0.05, 0) is 20.8 Å². The number of hydrogen-bond donors (Lipinski definition) is 1. The van der Waals surface area contributed by atoms with Crippen molar-refractivity contribution in [2.75, 3.05) is 13.7 Å². The number of rotatable bonds is 2. The normalized spacial score (nSPS) is 21.8. The number of halogens is 3. The maximum Gasteiger partial charge on any atom is 0.471 e. The molecule has 1 N–H and O–H groups in total. The highest BCUT2D eigenvalue weighted by Crippen LogP contribution is 2.24. The number of nitrogens with one attached hydrogen (secondary N) is 1.